The van der Waals surface area contributed by atoms with E-state index in [9.17, 15) is 0 Å². The summed E-state index contributed by atoms with van der Waals surface area (Å²) in [7, 11) is 0. The van der Waals surface area contributed by atoms with Crippen LogP contribution in [-0.2, 0) is 6.54 Å². The Balaban J connectivity index is 1.97. The normalized spacial score (nSPS) is 10.6. The maximum absolute atomic E-state index is 4.38. The van der Waals surface area contributed by atoms with Gasteiger partial charge >= 0.3 is 0 Å². The summed E-state index contributed by atoms with van der Waals surface area (Å²) in [5, 5.41) is 4.10. The molecule has 19 heavy (non-hydrogen) atoms. The number of nitrogens with zero attached hydrogens (tertiary/aromatic N) is 2. The van der Waals surface area contributed by atoms with Gasteiger partial charge in [0.15, 0.2) is 5.16 Å². The third kappa shape index (κ3) is 4.60. The molecule has 0 bridgehead atoms. The topological polar surface area (TPSA) is 37.8 Å². The van der Waals surface area contributed by atoms with E-state index < -0.39 is 0 Å². The minimum absolute atomic E-state index is 0.770. The van der Waals surface area contributed by atoms with E-state index in [1.807, 2.05) is 30.6 Å². The van der Waals surface area contributed by atoms with Gasteiger partial charge in [-0.1, -0.05) is 19.1 Å². The number of benzene rings is 1. The standard InChI is InChI=1S/C14H16BrN3S/c1-2-7-16-8-11-9-17-14(18-10-11)19-13-6-4-3-5-12(13)15/h3-6,9-10,16H,2,7-8H2,1H3. The molecular weight excluding hydrogens is 322 g/mol. The molecule has 0 aliphatic heterocycles. The number of nitrogens with one attached hydrogen (secondary N) is 1. The van der Waals surface area contributed by atoms with Crippen LogP contribution in [0.25, 0.3) is 0 Å². The van der Waals surface area contributed by atoms with Gasteiger partial charge < -0.3 is 5.32 Å². The fourth-order valence-electron chi connectivity index (χ4n) is 1.52. The molecule has 2 aromatic rings. The Kier molecular flexibility index (Phi) is 5.82. The summed E-state index contributed by atoms with van der Waals surface area (Å²) in [5.74, 6) is 0. The molecule has 1 aromatic carbocycles. The third-order valence-electron chi connectivity index (χ3n) is 2.48. The van der Waals surface area contributed by atoms with E-state index in [1.54, 1.807) is 11.8 Å². The van der Waals surface area contributed by atoms with E-state index >= 15 is 0 Å². The van der Waals surface area contributed by atoms with E-state index in [0.717, 1.165) is 39.6 Å². The maximum atomic E-state index is 4.38. The van der Waals surface area contributed by atoms with Crippen LogP contribution in [0.4, 0.5) is 0 Å². The van der Waals surface area contributed by atoms with E-state index in [-0.39, 0.29) is 0 Å². The van der Waals surface area contributed by atoms with Crippen molar-refractivity contribution in [2.45, 2.75) is 29.9 Å². The molecule has 0 atom stereocenters. The van der Waals surface area contributed by atoms with Gasteiger partial charge in [-0.25, -0.2) is 9.97 Å². The third-order valence-corrected chi connectivity index (χ3v) is 4.40. The van der Waals surface area contributed by atoms with Crippen molar-refractivity contribution in [1.82, 2.24) is 15.3 Å². The van der Waals surface area contributed by atoms with Crippen molar-refractivity contribution in [3.8, 4) is 0 Å². The highest BCUT2D eigenvalue weighted by atomic mass is 79.9. The molecule has 5 heteroatoms. The molecule has 100 valence electrons. The van der Waals surface area contributed by atoms with Crippen molar-refractivity contribution >= 4 is 27.7 Å². The molecular formula is C14H16BrN3S. The quantitative estimate of drug-likeness (QED) is 0.641. The zero-order valence-electron chi connectivity index (χ0n) is 10.8. The Morgan fingerprint density at radius 1 is 1.21 bits per heavy atom. The van der Waals surface area contributed by atoms with E-state index in [1.165, 1.54) is 0 Å². The van der Waals surface area contributed by atoms with Gasteiger partial charge in [0.05, 0.1) is 0 Å². The fourth-order valence-corrected chi connectivity index (χ4v) is 2.77. The summed E-state index contributed by atoms with van der Waals surface area (Å²) in [6.07, 6.45) is 4.90. The van der Waals surface area contributed by atoms with Crippen LogP contribution < -0.4 is 5.32 Å². The van der Waals surface area contributed by atoms with E-state index in [4.69, 9.17) is 0 Å². The van der Waals surface area contributed by atoms with Crippen molar-refractivity contribution < 1.29 is 0 Å². The molecule has 0 spiro atoms. The number of halogens is 1. The molecule has 0 aliphatic rings. The average Bonchev–Trinajstić information content (AvgIpc) is 2.44. The lowest BCUT2D eigenvalue weighted by Crippen LogP contribution is -2.14. The van der Waals surface area contributed by atoms with Gasteiger partial charge in [0.2, 0.25) is 0 Å². The van der Waals surface area contributed by atoms with Crippen molar-refractivity contribution in [3.05, 3.63) is 46.7 Å². The average molecular weight is 338 g/mol. The van der Waals surface area contributed by atoms with Crippen molar-refractivity contribution in [2.24, 2.45) is 0 Å². The Bertz CT molecular complexity index is 516. The Labute approximate surface area is 126 Å². The highest BCUT2D eigenvalue weighted by Gasteiger charge is 2.04. The molecule has 0 fully saturated rings. The summed E-state index contributed by atoms with van der Waals surface area (Å²) in [6.45, 7) is 4.00. The van der Waals surface area contributed by atoms with Crippen LogP contribution in [0.2, 0.25) is 0 Å². The first kappa shape index (κ1) is 14.5. The molecule has 0 saturated carbocycles. The highest BCUT2D eigenvalue weighted by molar-refractivity contribution is 9.10. The van der Waals surface area contributed by atoms with Crippen LogP contribution in [0, 0.1) is 0 Å². The lowest BCUT2D eigenvalue weighted by molar-refractivity contribution is 0.669. The Morgan fingerprint density at radius 2 is 1.95 bits per heavy atom. The van der Waals surface area contributed by atoms with Crippen LogP contribution in [-0.4, -0.2) is 16.5 Å². The summed E-state index contributed by atoms with van der Waals surface area (Å²) in [5.41, 5.74) is 1.12. The summed E-state index contributed by atoms with van der Waals surface area (Å²) in [4.78, 5) is 9.89. The summed E-state index contributed by atoms with van der Waals surface area (Å²) >= 11 is 5.09. The fraction of sp³-hybridized carbons (Fsp3) is 0.286. The number of hydrogen-bond donors (Lipinski definition) is 1. The van der Waals surface area contributed by atoms with Gasteiger partial charge in [0, 0.05) is 33.9 Å². The first-order valence-corrected chi connectivity index (χ1v) is 7.84. The zero-order chi connectivity index (χ0) is 13.5. The lowest BCUT2D eigenvalue weighted by Gasteiger charge is -2.05. The largest absolute Gasteiger partial charge is 0.313 e. The van der Waals surface area contributed by atoms with Crippen LogP contribution in [0.5, 0.6) is 0 Å². The van der Waals surface area contributed by atoms with Gasteiger partial charge in [-0.2, -0.15) is 0 Å². The first-order chi connectivity index (χ1) is 9.29. The molecule has 1 heterocycles. The second-order valence-electron chi connectivity index (χ2n) is 4.08. The van der Waals surface area contributed by atoms with Gasteiger partial charge in [-0.3, -0.25) is 0 Å². The van der Waals surface area contributed by atoms with E-state index in [0.29, 0.717) is 0 Å². The SMILES string of the molecule is CCCNCc1cnc(Sc2ccccc2Br)nc1. The summed E-state index contributed by atoms with van der Waals surface area (Å²) < 4.78 is 1.07. The summed E-state index contributed by atoms with van der Waals surface area (Å²) in [6, 6.07) is 8.08. The lowest BCUT2D eigenvalue weighted by atomic mass is 10.3. The minimum Gasteiger partial charge on any atom is -0.313 e. The van der Waals surface area contributed by atoms with Crippen LogP contribution in [0.3, 0.4) is 0 Å². The van der Waals surface area contributed by atoms with Gasteiger partial charge in [0.25, 0.3) is 0 Å². The smallest absolute Gasteiger partial charge is 0.192 e. The molecule has 0 saturated heterocycles. The monoisotopic (exact) mass is 337 g/mol. The van der Waals surface area contributed by atoms with Crippen LogP contribution in [0.15, 0.2) is 51.2 Å². The molecule has 3 nitrogen and oxygen atoms in total. The molecule has 1 aromatic heterocycles. The molecule has 2 rings (SSSR count). The van der Waals surface area contributed by atoms with Crippen LogP contribution >= 0.6 is 27.7 Å². The number of rotatable bonds is 6. The van der Waals surface area contributed by atoms with Crippen LogP contribution in [0.1, 0.15) is 18.9 Å². The van der Waals surface area contributed by atoms with Crippen molar-refractivity contribution in [3.63, 3.8) is 0 Å². The molecule has 0 amide bonds. The first-order valence-electron chi connectivity index (χ1n) is 6.23. The van der Waals surface area contributed by atoms with Crippen molar-refractivity contribution in [2.75, 3.05) is 6.54 Å². The van der Waals surface area contributed by atoms with Crippen molar-refractivity contribution in [1.29, 1.82) is 0 Å². The second kappa shape index (κ2) is 7.62. The molecule has 0 radical (unpaired) electrons. The van der Waals surface area contributed by atoms with Gasteiger partial charge in [0.1, 0.15) is 0 Å². The molecule has 1 N–H and O–H groups in total. The predicted molar refractivity (Wildman–Crippen MR) is 82.3 cm³/mol. The Morgan fingerprint density at radius 3 is 2.63 bits per heavy atom. The predicted octanol–water partition coefficient (Wildman–Crippen LogP) is 3.89. The minimum atomic E-state index is 0.770. The molecule has 0 aliphatic carbocycles. The highest BCUT2D eigenvalue weighted by Crippen LogP contribution is 2.30. The molecule has 0 unspecified atom stereocenters. The number of hydrogen-bond acceptors (Lipinski definition) is 4. The van der Waals surface area contributed by atoms with E-state index in [2.05, 4.69) is 44.2 Å². The number of aromatic nitrogens is 2. The van der Waals surface area contributed by atoms with Gasteiger partial charge in [-0.05, 0) is 52.8 Å². The second-order valence-corrected chi connectivity index (χ2v) is 5.95. The van der Waals surface area contributed by atoms with Gasteiger partial charge in [-0.15, -0.1) is 0 Å². The zero-order valence-corrected chi connectivity index (χ0v) is 13.2. The Hall–Kier alpha value is -0.910. The maximum Gasteiger partial charge on any atom is 0.192 e.